The molecule has 5 heterocycles. The van der Waals surface area contributed by atoms with Gasteiger partial charge in [-0.1, -0.05) is 18.2 Å². The fourth-order valence-electron chi connectivity index (χ4n) is 5.02. The molecular formula is C40H32GaN3NaO8S2+. The van der Waals surface area contributed by atoms with Crippen molar-refractivity contribution in [2.24, 2.45) is 0 Å². The summed E-state index contributed by atoms with van der Waals surface area (Å²) in [6, 6.07) is 32.0. The third kappa shape index (κ3) is 11.4. The Bertz CT molecular complexity index is 2410. The van der Waals surface area contributed by atoms with Crippen molar-refractivity contribution in [3.05, 3.63) is 153 Å². The molecule has 0 atom stereocenters. The summed E-state index contributed by atoms with van der Waals surface area (Å²) in [6.45, 7) is 5.75. The van der Waals surface area contributed by atoms with E-state index in [1.807, 2.05) is 111 Å². The zero-order valence-electron chi connectivity index (χ0n) is 30.2. The van der Waals surface area contributed by atoms with Crippen molar-refractivity contribution in [2.45, 2.75) is 20.8 Å². The quantitative estimate of drug-likeness (QED) is 0.182. The monoisotopic (exact) mass is 838 g/mol. The van der Waals surface area contributed by atoms with Crippen molar-refractivity contribution in [3.8, 4) is 17.2 Å². The predicted octanol–water partition coefficient (Wildman–Crippen LogP) is 3.87. The maximum Gasteiger partial charge on any atom is 1.00 e. The number of hydrogen-bond donors (Lipinski definition) is 1. The number of carboxylic acids is 1. The number of hydrogen-bond acceptors (Lipinski definition) is 12. The summed E-state index contributed by atoms with van der Waals surface area (Å²) in [4.78, 5) is 36.9. The molecule has 1 aliphatic rings. The summed E-state index contributed by atoms with van der Waals surface area (Å²) < 4.78 is 18.4. The molecule has 11 nitrogen and oxygen atoms in total. The number of allylic oxidation sites excluding steroid dienone is 2. The molecule has 0 fully saturated rings. The number of thioether (sulfide) groups is 1. The zero-order chi connectivity index (χ0) is 37.3. The van der Waals surface area contributed by atoms with E-state index >= 15 is 0 Å². The number of phenolic OH excluding ortho intramolecular Hbond substituents is 1. The first-order valence-corrected chi connectivity index (χ1v) is 20.8. The number of carbonyl (C=O) groups is 2. The molecule has 3 N–H and O–H groups in total. The summed E-state index contributed by atoms with van der Waals surface area (Å²) in [5.74, 6) is -0.273. The van der Waals surface area contributed by atoms with Crippen LogP contribution in [0.25, 0.3) is 32.7 Å². The predicted molar refractivity (Wildman–Crippen MR) is 210 cm³/mol. The number of nitrogens with zero attached hydrogens (tertiary/aromatic N) is 3. The second kappa shape index (κ2) is 20.3. The number of rotatable bonds is 7. The van der Waals surface area contributed by atoms with Crippen molar-refractivity contribution in [3.63, 3.8) is 0 Å². The van der Waals surface area contributed by atoms with E-state index in [0.717, 1.165) is 45.0 Å². The van der Waals surface area contributed by atoms with Crippen molar-refractivity contribution in [1.29, 1.82) is 0 Å². The Balaban J connectivity index is 0.000000250. The van der Waals surface area contributed by atoms with Gasteiger partial charge in [-0.25, -0.2) is 4.98 Å². The molecular weight excluding hydrogens is 807 g/mol. The fourth-order valence-corrected chi connectivity index (χ4v) is 8.90. The number of aliphatic carboxylic acids is 1. The van der Waals surface area contributed by atoms with Crippen molar-refractivity contribution in [1.82, 2.24) is 15.0 Å². The van der Waals surface area contributed by atoms with Gasteiger partial charge in [-0.2, -0.15) is 0 Å². The van der Waals surface area contributed by atoms with Crippen LogP contribution in [-0.2, 0) is 8.32 Å². The van der Waals surface area contributed by atoms with Crippen molar-refractivity contribution >= 4 is 85.1 Å². The van der Waals surface area contributed by atoms with Crippen LogP contribution in [0.3, 0.4) is 0 Å². The number of aryl methyl sites for hydroxylation is 3. The average molecular weight is 840 g/mol. The van der Waals surface area contributed by atoms with Crippen LogP contribution in [0.1, 0.15) is 26.8 Å². The minimum absolute atomic E-state index is 0. The Morgan fingerprint density at radius 1 is 0.709 bits per heavy atom. The number of carbonyl (C=O) groups excluding carboxylic acids is 2. The van der Waals surface area contributed by atoms with Crippen LogP contribution in [0.5, 0.6) is 17.2 Å². The topological polar surface area (TPSA) is 175 Å². The SMILES string of the molecule is Cc1ccc2cccc(O)c2n1.Cc1ccc2cccc([O][Ga]([O]C(=O)c3cccs3)[O]c3cccc4ccc(C)nc34)c2n1.O.O=C([O-])C1=CC=[C+]S1.[Na+]. The first-order chi connectivity index (χ1) is 25.6. The molecule has 0 unspecified atom stereocenters. The number of thiophene rings is 1. The van der Waals surface area contributed by atoms with Gasteiger partial charge in [0.2, 0.25) is 0 Å². The maximum absolute atomic E-state index is 12.8. The van der Waals surface area contributed by atoms with Crippen LogP contribution in [0.4, 0.5) is 0 Å². The van der Waals surface area contributed by atoms with Gasteiger partial charge < -0.3 is 20.5 Å². The number of fused-ring (bicyclic) bond motifs is 3. The average Bonchev–Trinajstić information content (AvgIpc) is 3.90. The second-order valence-electron chi connectivity index (χ2n) is 11.5. The second-order valence-corrected chi connectivity index (χ2v) is 16.0. The van der Waals surface area contributed by atoms with E-state index in [2.05, 4.69) is 20.4 Å². The van der Waals surface area contributed by atoms with Crippen LogP contribution in [0.2, 0.25) is 0 Å². The third-order valence-corrected chi connectivity index (χ3v) is 11.9. The Hall–Kier alpha value is -4.73. The number of aromatic hydroxyl groups is 1. The number of carboxylic acid groups (broad SMARTS) is 1. The minimum atomic E-state index is -3.66. The summed E-state index contributed by atoms with van der Waals surface area (Å²) in [5, 5.41) is 26.7. The van der Waals surface area contributed by atoms with E-state index < -0.39 is 29.3 Å². The molecule has 0 saturated heterocycles. The van der Waals surface area contributed by atoms with Gasteiger partial charge in [0.25, 0.3) is 0 Å². The molecule has 7 aromatic rings. The molecule has 3 aromatic carbocycles. The normalized spacial score (nSPS) is 11.0. The van der Waals surface area contributed by atoms with Crippen LogP contribution in [-0.4, -0.2) is 54.8 Å². The van der Waals surface area contributed by atoms with Crippen LogP contribution >= 0.6 is 23.1 Å². The molecule has 0 spiro atoms. The molecule has 0 amide bonds. The van der Waals surface area contributed by atoms with Gasteiger partial charge in [0.15, 0.2) is 6.08 Å². The zero-order valence-corrected chi connectivity index (χ0v) is 36.2. The van der Waals surface area contributed by atoms with Crippen LogP contribution in [0, 0.1) is 26.2 Å². The molecule has 8 rings (SSSR count). The number of para-hydroxylation sites is 3. The first-order valence-electron chi connectivity index (χ1n) is 16.2. The number of phenols is 1. The molecule has 55 heavy (non-hydrogen) atoms. The van der Waals surface area contributed by atoms with Gasteiger partial charge in [0.05, 0.1) is 17.8 Å². The van der Waals surface area contributed by atoms with E-state index in [9.17, 15) is 19.8 Å². The van der Waals surface area contributed by atoms with E-state index in [1.165, 1.54) is 17.4 Å². The van der Waals surface area contributed by atoms with Crippen LogP contribution < -0.4 is 41.7 Å². The molecule has 0 aliphatic carbocycles. The van der Waals surface area contributed by atoms with E-state index in [4.69, 9.17) is 10.6 Å². The largest absolute Gasteiger partial charge is 1.00 e. The molecule has 15 heteroatoms. The molecule has 0 saturated carbocycles. The Labute approximate surface area is 353 Å². The Morgan fingerprint density at radius 3 is 1.67 bits per heavy atom. The van der Waals surface area contributed by atoms with E-state index in [0.29, 0.717) is 32.9 Å². The third-order valence-electron chi connectivity index (χ3n) is 7.53. The summed E-state index contributed by atoms with van der Waals surface area (Å²) in [5.41, 5.74) is 4.74. The van der Waals surface area contributed by atoms with Gasteiger partial charge in [-0.05, 0) is 19.1 Å². The summed E-state index contributed by atoms with van der Waals surface area (Å²) in [6.07, 6.45) is 3.01. The summed E-state index contributed by atoms with van der Waals surface area (Å²) >= 11 is -1.30. The number of pyridine rings is 3. The molecule has 0 radical (unpaired) electrons. The number of benzene rings is 3. The minimum Gasteiger partial charge on any atom is -0.542 e. The standard InChI is InChI=1S/3C10H9NO.C5H4O2S.C5H2O2S.Ga.Na.H2O/c3*1-7-5-6-8-3-2-4-9(12)10(8)11-7;2*6-5(7)4-2-1-3-8-4;;;/h3*2-6,12H,1H3;1-3H,(H,6,7);1-2H;;;1H2/q;;;;;+3;+1;/p-3. The van der Waals surface area contributed by atoms with E-state index in [-0.39, 0.29) is 45.7 Å². The Morgan fingerprint density at radius 2 is 1.22 bits per heavy atom. The molecule has 1 aliphatic heterocycles. The maximum atomic E-state index is 12.8. The van der Waals surface area contributed by atoms with Gasteiger partial charge in [0, 0.05) is 11.1 Å². The smallest absolute Gasteiger partial charge is 0.542 e. The fraction of sp³-hybridized carbons (Fsp3) is 0.0750. The van der Waals surface area contributed by atoms with Gasteiger partial charge in [-0.15, -0.1) is 0 Å². The van der Waals surface area contributed by atoms with Crippen molar-refractivity contribution < 1.29 is 65.4 Å². The molecule has 0 bridgehead atoms. The molecule has 270 valence electrons. The molecule has 4 aromatic heterocycles. The first kappa shape index (κ1) is 43.0. The van der Waals surface area contributed by atoms with Gasteiger partial charge in [-0.3, -0.25) is 0 Å². The van der Waals surface area contributed by atoms with Crippen LogP contribution in [0.15, 0.2) is 126 Å². The van der Waals surface area contributed by atoms with E-state index in [1.54, 1.807) is 24.3 Å². The summed E-state index contributed by atoms with van der Waals surface area (Å²) in [7, 11) is 0. The van der Waals surface area contributed by atoms with Crippen molar-refractivity contribution in [2.75, 3.05) is 0 Å². The van der Waals surface area contributed by atoms with Gasteiger partial charge in [0.1, 0.15) is 27.5 Å². The van der Waals surface area contributed by atoms with Gasteiger partial charge >= 0.3 is 231 Å². The Kier molecular flexibility index (Phi) is 15.8. The number of aromatic nitrogens is 3.